The van der Waals surface area contributed by atoms with Gasteiger partial charge in [0.15, 0.2) is 0 Å². The van der Waals surface area contributed by atoms with Crippen molar-refractivity contribution in [1.82, 2.24) is 14.7 Å². The van der Waals surface area contributed by atoms with Crippen LogP contribution in [0.25, 0.3) is 0 Å². The standard InChI is InChI=1S/C17H28BrN3/c18-11-13-20(16-6-2-1-3-7-16)14-15-10-12-21(19-15)17-8-4-5-9-17/h10,12,16-17H,1-9,11,13-14H2. The second-order valence-corrected chi connectivity index (χ2v) is 7.47. The van der Waals surface area contributed by atoms with Crippen molar-refractivity contribution in [2.45, 2.75) is 76.4 Å². The second-order valence-electron chi connectivity index (χ2n) is 6.68. The van der Waals surface area contributed by atoms with E-state index < -0.39 is 0 Å². The van der Waals surface area contributed by atoms with Crippen molar-refractivity contribution in [3.8, 4) is 0 Å². The molecule has 0 spiro atoms. The highest BCUT2D eigenvalue weighted by Crippen LogP contribution is 2.29. The summed E-state index contributed by atoms with van der Waals surface area (Å²) in [7, 11) is 0. The van der Waals surface area contributed by atoms with Crippen LogP contribution < -0.4 is 0 Å². The Morgan fingerprint density at radius 1 is 1.10 bits per heavy atom. The smallest absolute Gasteiger partial charge is 0.0765 e. The fourth-order valence-corrected chi connectivity index (χ4v) is 4.44. The highest BCUT2D eigenvalue weighted by molar-refractivity contribution is 9.09. The molecule has 2 aliphatic carbocycles. The molecule has 21 heavy (non-hydrogen) atoms. The number of alkyl halides is 1. The molecule has 0 saturated heterocycles. The molecule has 0 radical (unpaired) electrons. The number of hydrogen-bond acceptors (Lipinski definition) is 2. The number of aromatic nitrogens is 2. The summed E-state index contributed by atoms with van der Waals surface area (Å²) in [5.74, 6) is 0. The number of hydrogen-bond donors (Lipinski definition) is 0. The molecule has 2 saturated carbocycles. The van der Waals surface area contributed by atoms with Crippen LogP contribution in [0.4, 0.5) is 0 Å². The average molecular weight is 354 g/mol. The number of nitrogens with zero attached hydrogens (tertiary/aromatic N) is 3. The van der Waals surface area contributed by atoms with Crippen LogP contribution in [0.5, 0.6) is 0 Å². The molecule has 118 valence electrons. The molecule has 3 nitrogen and oxygen atoms in total. The zero-order valence-corrected chi connectivity index (χ0v) is 14.6. The Kier molecular flexibility index (Phi) is 5.75. The summed E-state index contributed by atoms with van der Waals surface area (Å²) in [6, 6.07) is 3.67. The lowest BCUT2D eigenvalue weighted by atomic mass is 9.94. The largest absolute Gasteiger partial charge is 0.294 e. The van der Waals surface area contributed by atoms with Gasteiger partial charge in [0.05, 0.1) is 11.7 Å². The van der Waals surface area contributed by atoms with Gasteiger partial charge < -0.3 is 0 Å². The van der Waals surface area contributed by atoms with Crippen LogP contribution in [-0.4, -0.2) is 32.6 Å². The SMILES string of the molecule is BrCCN(Cc1ccn(C2CCCC2)n1)C1CCCCC1. The van der Waals surface area contributed by atoms with E-state index in [1.165, 1.54) is 63.5 Å². The minimum absolute atomic E-state index is 0.665. The molecule has 0 N–H and O–H groups in total. The molecule has 0 amide bonds. The van der Waals surface area contributed by atoms with Gasteiger partial charge >= 0.3 is 0 Å². The van der Waals surface area contributed by atoms with Gasteiger partial charge in [-0.1, -0.05) is 48.0 Å². The van der Waals surface area contributed by atoms with Crippen molar-refractivity contribution < 1.29 is 0 Å². The Bertz CT molecular complexity index is 419. The van der Waals surface area contributed by atoms with E-state index in [1.54, 1.807) is 0 Å². The summed E-state index contributed by atoms with van der Waals surface area (Å²) in [6.07, 6.45) is 14.6. The summed E-state index contributed by atoms with van der Waals surface area (Å²) in [6.45, 7) is 2.16. The number of halogens is 1. The molecular weight excluding hydrogens is 326 g/mol. The van der Waals surface area contributed by atoms with Gasteiger partial charge in [-0.05, 0) is 31.7 Å². The van der Waals surface area contributed by atoms with Crippen LogP contribution in [0.1, 0.15) is 69.5 Å². The van der Waals surface area contributed by atoms with Crippen molar-refractivity contribution in [3.05, 3.63) is 18.0 Å². The summed E-state index contributed by atoms with van der Waals surface area (Å²) in [5.41, 5.74) is 1.26. The summed E-state index contributed by atoms with van der Waals surface area (Å²) >= 11 is 3.62. The molecule has 0 atom stereocenters. The Balaban J connectivity index is 1.61. The molecule has 2 aliphatic rings. The minimum Gasteiger partial charge on any atom is -0.294 e. The van der Waals surface area contributed by atoms with Crippen molar-refractivity contribution in [2.24, 2.45) is 0 Å². The lowest BCUT2D eigenvalue weighted by Crippen LogP contribution is -2.37. The van der Waals surface area contributed by atoms with Crippen LogP contribution in [0.3, 0.4) is 0 Å². The molecule has 0 bridgehead atoms. The third-order valence-electron chi connectivity index (χ3n) is 5.19. The molecule has 1 aromatic heterocycles. The maximum atomic E-state index is 4.87. The van der Waals surface area contributed by atoms with E-state index in [0.717, 1.165) is 24.5 Å². The zero-order valence-electron chi connectivity index (χ0n) is 13.0. The predicted molar refractivity (Wildman–Crippen MR) is 90.8 cm³/mol. The average Bonchev–Trinajstić information content (AvgIpc) is 3.19. The monoisotopic (exact) mass is 353 g/mol. The molecule has 0 aromatic carbocycles. The van der Waals surface area contributed by atoms with E-state index in [1.807, 2.05) is 0 Å². The van der Waals surface area contributed by atoms with E-state index in [-0.39, 0.29) is 0 Å². The maximum absolute atomic E-state index is 4.87. The van der Waals surface area contributed by atoms with Gasteiger partial charge in [0.1, 0.15) is 0 Å². The molecular formula is C17H28BrN3. The van der Waals surface area contributed by atoms with Gasteiger partial charge in [-0.2, -0.15) is 5.10 Å². The molecule has 2 fully saturated rings. The molecule has 0 unspecified atom stereocenters. The Morgan fingerprint density at radius 3 is 2.52 bits per heavy atom. The first-order valence-electron chi connectivity index (χ1n) is 8.71. The van der Waals surface area contributed by atoms with Crippen LogP contribution >= 0.6 is 15.9 Å². The summed E-state index contributed by atoms with van der Waals surface area (Å²) in [4.78, 5) is 2.65. The first-order chi connectivity index (χ1) is 10.4. The third kappa shape index (κ3) is 4.10. The Labute approximate surface area is 137 Å². The first-order valence-corrected chi connectivity index (χ1v) is 9.83. The quantitative estimate of drug-likeness (QED) is 0.700. The topological polar surface area (TPSA) is 21.1 Å². The third-order valence-corrected chi connectivity index (χ3v) is 5.54. The van der Waals surface area contributed by atoms with Gasteiger partial charge in [0.25, 0.3) is 0 Å². The van der Waals surface area contributed by atoms with E-state index in [9.17, 15) is 0 Å². The Morgan fingerprint density at radius 2 is 1.81 bits per heavy atom. The normalized spacial score (nSPS) is 21.4. The van der Waals surface area contributed by atoms with E-state index in [2.05, 4.69) is 37.8 Å². The molecule has 3 rings (SSSR count). The van der Waals surface area contributed by atoms with Crippen LogP contribution in [0, 0.1) is 0 Å². The molecule has 0 aliphatic heterocycles. The van der Waals surface area contributed by atoms with Crippen molar-refractivity contribution in [1.29, 1.82) is 0 Å². The van der Waals surface area contributed by atoms with E-state index >= 15 is 0 Å². The second kappa shape index (κ2) is 7.77. The van der Waals surface area contributed by atoms with Crippen LogP contribution in [0.15, 0.2) is 12.3 Å². The summed E-state index contributed by atoms with van der Waals surface area (Å²) in [5, 5.41) is 5.93. The van der Waals surface area contributed by atoms with Crippen LogP contribution in [-0.2, 0) is 6.54 Å². The zero-order chi connectivity index (χ0) is 14.5. The van der Waals surface area contributed by atoms with E-state index in [4.69, 9.17) is 5.10 Å². The minimum atomic E-state index is 0.665. The van der Waals surface area contributed by atoms with Crippen LogP contribution in [0.2, 0.25) is 0 Å². The lowest BCUT2D eigenvalue weighted by Gasteiger charge is -2.33. The lowest BCUT2D eigenvalue weighted by molar-refractivity contribution is 0.155. The van der Waals surface area contributed by atoms with Gasteiger partial charge in [-0.25, -0.2) is 0 Å². The fraction of sp³-hybridized carbons (Fsp3) is 0.824. The fourth-order valence-electron chi connectivity index (χ4n) is 3.99. The molecule has 4 heteroatoms. The molecule has 1 heterocycles. The van der Waals surface area contributed by atoms with Gasteiger partial charge in [-0.15, -0.1) is 0 Å². The van der Waals surface area contributed by atoms with Crippen molar-refractivity contribution in [2.75, 3.05) is 11.9 Å². The summed E-state index contributed by atoms with van der Waals surface area (Å²) < 4.78 is 2.23. The van der Waals surface area contributed by atoms with Crippen molar-refractivity contribution >= 4 is 15.9 Å². The predicted octanol–water partition coefficient (Wildman–Crippen LogP) is 4.53. The van der Waals surface area contributed by atoms with E-state index in [0.29, 0.717) is 6.04 Å². The highest BCUT2D eigenvalue weighted by Gasteiger charge is 2.22. The number of rotatable bonds is 6. The molecule has 1 aromatic rings. The highest BCUT2D eigenvalue weighted by atomic mass is 79.9. The Hall–Kier alpha value is -0.350. The maximum Gasteiger partial charge on any atom is 0.0765 e. The van der Waals surface area contributed by atoms with Gasteiger partial charge in [0, 0.05) is 30.7 Å². The first kappa shape index (κ1) is 15.5. The van der Waals surface area contributed by atoms with Crippen molar-refractivity contribution in [3.63, 3.8) is 0 Å². The van der Waals surface area contributed by atoms with Gasteiger partial charge in [-0.3, -0.25) is 9.58 Å². The van der Waals surface area contributed by atoms with Gasteiger partial charge in [0.2, 0.25) is 0 Å².